The Hall–Kier alpha value is -5.98. The van der Waals surface area contributed by atoms with Crippen molar-refractivity contribution >= 4 is 43.1 Å². The Kier molecular flexibility index (Phi) is 6.25. The molecule has 46 heavy (non-hydrogen) atoms. The molecule has 0 nitrogen and oxygen atoms in total. The van der Waals surface area contributed by atoms with Gasteiger partial charge in [-0.15, -0.1) is 0 Å². The first-order chi connectivity index (χ1) is 22.8. The van der Waals surface area contributed by atoms with Crippen LogP contribution in [0.1, 0.15) is 0 Å². The molecule has 0 N–H and O–H groups in total. The zero-order valence-electron chi connectivity index (χ0n) is 25.3. The predicted molar refractivity (Wildman–Crippen MR) is 198 cm³/mol. The molecule has 0 aliphatic carbocycles. The van der Waals surface area contributed by atoms with Crippen LogP contribution in [0.4, 0.5) is 0 Å². The van der Waals surface area contributed by atoms with Gasteiger partial charge in [-0.2, -0.15) is 0 Å². The molecule has 0 bridgehead atoms. The van der Waals surface area contributed by atoms with E-state index in [0.29, 0.717) is 0 Å². The molecule has 0 aliphatic heterocycles. The Morgan fingerprint density at radius 1 is 0.196 bits per heavy atom. The maximum Gasteiger partial charge on any atom is -0.00988 e. The molecule has 9 aromatic rings. The largest absolute Gasteiger partial charge is 0.0622 e. The summed E-state index contributed by atoms with van der Waals surface area (Å²) in [5.74, 6) is 0. The standard InChI is InChI=1S/C46H30/c1-2-10-32(11-3-1)45-29-34-13-4-5-14-35(34)30-46(45)40-23-25-44-39(28-40)21-20-38-27-36(22-24-43(38)44)33-16-8-17-37(26-33)42-19-9-15-31-12-6-7-18-41(31)42/h1-30H. The van der Waals surface area contributed by atoms with Crippen LogP contribution in [-0.2, 0) is 0 Å². The van der Waals surface area contributed by atoms with E-state index < -0.39 is 0 Å². The molecule has 0 spiro atoms. The second kappa shape index (κ2) is 10.9. The highest BCUT2D eigenvalue weighted by Gasteiger charge is 2.12. The van der Waals surface area contributed by atoms with Crippen molar-refractivity contribution in [3.63, 3.8) is 0 Å². The summed E-state index contributed by atoms with van der Waals surface area (Å²) < 4.78 is 0. The fourth-order valence-corrected chi connectivity index (χ4v) is 7.10. The topological polar surface area (TPSA) is 0 Å². The highest BCUT2D eigenvalue weighted by molar-refractivity contribution is 6.10. The first kappa shape index (κ1) is 26.4. The normalized spacial score (nSPS) is 11.5. The molecule has 0 unspecified atom stereocenters. The summed E-state index contributed by atoms with van der Waals surface area (Å²) in [7, 11) is 0. The Morgan fingerprint density at radius 3 is 1.46 bits per heavy atom. The Bertz CT molecular complexity index is 2570. The van der Waals surface area contributed by atoms with E-state index in [0.717, 1.165) is 0 Å². The lowest BCUT2D eigenvalue weighted by Gasteiger charge is -2.14. The van der Waals surface area contributed by atoms with Gasteiger partial charge in [0.1, 0.15) is 0 Å². The maximum absolute atomic E-state index is 2.35. The lowest BCUT2D eigenvalue weighted by atomic mass is 9.89. The van der Waals surface area contributed by atoms with Gasteiger partial charge in [0.15, 0.2) is 0 Å². The molecule has 0 saturated carbocycles. The van der Waals surface area contributed by atoms with Gasteiger partial charge in [0.25, 0.3) is 0 Å². The molecular weight excluding hydrogens is 553 g/mol. The molecule has 214 valence electrons. The molecule has 0 radical (unpaired) electrons. The second-order valence-corrected chi connectivity index (χ2v) is 12.2. The van der Waals surface area contributed by atoms with Gasteiger partial charge in [-0.1, -0.05) is 152 Å². The number of hydrogen-bond acceptors (Lipinski definition) is 0. The highest BCUT2D eigenvalue weighted by atomic mass is 14.2. The average Bonchev–Trinajstić information content (AvgIpc) is 3.14. The van der Waals surface area contributed by atoms with Crippen LogP contribution >= 0.6 is 0 Å². The van der Waals surface area contributed by atoms with Crippen LogP contribution < -0.4 is 0 Å². The third-order valence-electron chi connectivity index (χ3n) is 9.41. The number of hydrogen-bond donors (Lipinski definition) is 0. The van der Waals surface area contributed by atoms with Gasteiger partial charge < -0.3 is 0 Å². The summed E-state index contributed by atoms with van der Waals surface area (Å²) in [5, 5.41) is 10.1. The van der Waals surface area contributed by atoms with E-state index in [2.05, 4.69) is 182 Å². The van der Waals surface area contributed by atoms with E-state index >= 15 is 0 Å². The van der Waals surface area contributed by atoms with Crippen LogP contribution in [0, 0.1) is 0 Å². The maximum atomic E-state index is 2.35. The van der Waals surface area contributed by atoms with E-state index in [-0.39, 0.29) is 0 Å². The summed E-state index contributed by atoms with van der Waals surface area (Å²) in [5.41, 5.74) is 9.95. The molecule has 0 heterocycles. The summed E-state index contributed by atoms with van der Waals surface area (Å²) in [6, 6.07) is 66.6. The minimum absolute atomic E-state index is 1.23. The molecule has 0 amide bonds. The first-order valence-corrected chi connectivity index (χ1v) is 15.9. The third-order valence-corrected chi connectivity index (χ3v) is 9.41. The molecule has 0 aliphatic rings. The Labute approximate surface area is 268 Å². The molecule has 0 heteroatoms. The Morgan fingerprint density at radius 2 is 0.696 bits per heavy atom. The van der Waals surface area contributed by atoms with Gasteiger partial charge in [0, 0.05) is 0 Å². The molecular formula is C46H30. The number of rotatable bonds is 4. The van der Waals surface area contributed by atoms with Gasteiger partial charge in [0.2, 0.25) is 0 Å². The molecule has 0 atom stereocenters. The van der Waals surface area contributed by atoms with Crippen molar-refractivity contribution < 1.29 is 0 Å². The summed E-state index contributed by atoms with van der Waals surface area (Å²) in [4.78, 5) is 0. The zero-order valence-corrected chi connectivity index (χ0v) is 25.3. The van der Waals surface area contributed by atoms with Crippen molar-refractivity contribution in [1.29, 1.82) is 0 Å². The zero-order chi connectivity index (χ0) is 30.5. The fraction of sp³-hybridized carbons (Fsp3) is 0. The average molecular weight is 583 g/mol. The second-order valence-electron chi connectivity index (χ2n) is 12.2. The van der Waals surface area contributed by atoms with Crippen LogP contribution in [0.3, 0.4) is 0 Å². The monoisotopic (exact) mass is 582 g/mol. The quantitative estimate of drug-likeness (QED) is 0.181. The third kappa shape index (κ3) is 4.55. The van der Waals surface area contributed by atoms with E-state index in [1.54, 1.807) is 0 Å². The van der Waals surface area contributed by atoms with E-state index in [4.69, 9.17) is 0 Å². The number of fused-ring (bicyclic) bond motifs is 5. The summed E-state index contributed by atoms with van der Waals surface area (Å²) in [6.07, 6.45) is 0. The van der Waals surface area contributed by atoms with Gasteiger partial charge in [-0.3, -0.25) is 0 Å². The van der Waals surface area contributed by atoms with Gasteiger partial charge in [0.05, 0.1) is 0 Å². The molecule has 9 aromatic carbocycles. The van der Waals surface area contributed by atoms with Crippen molar-refractivity contribution in [2.75, 3.05) is 0 Å². The van der Waals surface area contributed by atoms with Crippen molar-refractivity contribution in [2.24, 2.45) is 0 Å². The SMILES string of the molecule is c1ccc(-c2cc3ccccc3cc2-c2ccc3c(ccc4cc(-c5cccc(-c6cccc7ccccc67)c5)ccc43)c2)cc1. The highest BCUT2D eigenvalue weighted by Crippen LogP contribution is 2.39. The van der Waals surface area contributed by atoms with Gasteiger partial charge >= 0.3 is 0 Å². The van der Waals surface area contributed by atoms with Crippen LogP contribution in [0.2, 0.25) is 0 Å². The molecule has 0 fully saturated rings. The molecule has 0 aromatic heterocycles. The van der Waals surface area contributed by atoms with Crippen molar-refractivity contribution in [3.05, 3.63) is 182 Å². The smallest absolute Gasteiger partial charge is 0.00988 e. The number of benzene rings is 9. The van der Waals surface area contributed by atoms with E-state index in [1.807, 2.05) is 0 Å². The summed E-state index contributed by atoms with van der Waals surface area (Å²) in [6.45, 7) is 0. The molecule has 0 saturated heterocycles. The van der Waals surface area contributed by atoms with Gasteiger partial charge in [-0.25, -0.2) is 0 Å². The van der Waals surface area contributed by atoms with Crippen LogP contribution in [0.25, 0.3) is 87.6 Å². The predicted octanol–water partition coefficient (Wildman–Crippen LogP) is 13.0. The minimum atomic E-state index is 1.23. The lowest BCUT2D eigenvalue weighted by Crippen LogP contribution is -1.88. The molecule has 9 rings (SSSR count). The van der Waals surface area contributed by atoms with Crippen molar-refractivity contribution in [2.45, 2.75) is 0 Å². The fourth-order valence-electron chi connectivity index (χ4n) is 7.10. The van der Waals surface area contributed by atoms with E-state index in [9.17, 15) is 0 Å². The lowest BCUT2D eigenvalue weighted by molar-refractivity contribution is 1.61. The van der Waals surface area contributed by atoms with E-state index in [1.165, 1.54) is 87.6 Å². The first-order valence-electron chi connectivity index (χ1n) is 15.9. The Balaban J connectivity index is 1.13. The summed E-state index contributed by atoms with van der Waals surface area (Å²) >= 11 is 0. The van der Waals surface area contributed by atoms with Crippen molar-refractivity contribution in [3.8, 4) is 44.5 Å². The van der Waals surface area contributed by atoms with Crippen LogP contribution in [-0.4, -0.2) is 0 Å². The van der Waals surface area contributed by atoms with Crippen LogP contribution in [0.15, 0.2) is 182 Å². The van der Waals surface area contributed by atoms with Crippen molar-refractivity contribution in [1.82, 2.24) is 0 Å². The minimum Gasteiger partial charge on any atom is -0.0622 e. The van der Waals surface area contributed by atoms with Gasteiger partial charge in [-0.05, 0) is 118 Å². The van der Waals surface area contributed by atoms with Crippen LogP contribution in [0.5, 0.6) is 0 Å².